The van der Waals surface area contributed by atoms with Crippen LogP contribution in [0.1, 0.15) is 47.8 Å². The Kier molecular flexibility index (Phi) is 8.71. The third-order valence-corrected chi connectivity index (χ3v) is 6.60. The van der Waals surface area contributed by atoms with Crippen LogP contribution in [0, 0.1) is 5.92 Å². The highest BCUT2D eigenvalue weighted by atomic mass is 32.1. The molecule has 33 heavy (non-hydrogen) atoms. The summed E-state index contributed by atoms with van der Waals surface area (Å²) in [6, 6.07) is 6.76. The lowest BCUT2D eigenvalue weighted by molar-refractivity contribution is -0.125. The summed E-state index contributed by atoms with van der Waals surface area (Å²) in [5.41, 5.74) is 0.298. The number of anilines is 1. The van der Waals surface area contributed by atoms with Crippen molar-refractivity contribution in [2.24, 2.45) is 5.92 Å². The Morgan fingerprint density at radius 3 is 2.45 bits per heavy atom. The second-order valence-corrected chi connectivity index (χ2v) is 9.10. The minimum atomic E-state index is -0.741. The predicted molar refractivity (Wildman–Crippen MR) is 126 cm³/mol. The lowest BCUT2D eigenvalue weighted by Gasteiger charge is -2.29. The van der Waals surface area contributed by atoms with Crippen molar-refractivity contribution in [1.29, 1.82) is 0 Å². The molecule has 1 aromatic carbocycles. The number of rotatable bonds is 9. The fourth-order valence-electron chi connectivity index (χ4n) is 3.91. The average Bonchev–Trinajstić information content (AvgIpc) is 3.31. The van der Waals surface area contributed by atoms with Crippen molar-refractivity contribution in [3.63, 3.8) is 0 Å². The van der Waals surface area contributed by atoms with Gasteiger partial charge in [-0.1, -0.05) is 25.8 Å². The maximum absolute atomic E-state index is 12.8. The van der Waals surface area contributed by atoms with E-state index >= 15 is 0 Å². The first-order valence-corrected chi connectivity index (χ1v) is 11.8. The molecule has 9 heteroatoms. The highest BCUT2D eigenvalue weighted by molar-refractivity contribution is 7.10. The molecule has 2 aromatic rings. The van der Waals surface area contributed by atoms with E-state index in [1.165, 1.54) is 44.1 Å². The zero-order valence-electron chi connectivity index (χ0n) is 19.1. The molecule has 1 fully saturated rings. The zero-order chi connectivity index (χ0) is 23.8. The van der Waals surface area contributed by atoms with E-state index in [4.69, 9.17) is 14.2 Å². The first-order chi connectivity index (χ1) is 15.9. The van der Waals surface area contributed by atoms with E-state index in [-0.39, 0.29) is 35.5 Å². The molecule has 0 spiro atoms. The summed E-state index contributed by atoms with van der Waals surface area (Å²) in [7, 11) is 2.91. The highest BCUT2D eigenvalue weighted by Gasteiger charge is 2.24. The molecular weight excluding hydrogens is 444 g/mol. The Labute approximate surface area is 197 Å². The Morgan fingerprint density at radius 2 is 1.79 bits per heavy atom. The van der Waals surface area contributed by atoms with E-state index < -0.39 is 12.6 Å². The summed E-state index contributed by atoms with van der Waals surface area (Å²) in [6.45, 7) is 1.71. The average molecular weight is 475 g/mol. The number of esters is 1. The van der Waals surface area contributed by atoms with Gasteiger partial charge in [0.25, 0.3) is 5.91 Å². The summed E-state index contributed by atoms with van der Waals surface area (Å²) in [5.74, 6) is -0.317. The van der Waals surface area contributed by atoms with Gasteiger partial charge in [0.2, 0.25) is 5.91 Å². The standard InChI is InChI=1S/C24H30N2O6S/c1-15-7-4-5-9-18(15)25-23(28)14-32-24(29)17-12-20(30-2)21(31-3)13-19(17)26-22(27)11-16-8-6-10-33-16/h6,8,10,12-13,15,18H,4-5,7,9,11,14H2,1-3H3,(H,25,28)(H,26,27)/t15-,18+/m1/s1. The molecule has 0 unspecified atom stereocenters. The van der Waals surface area contributed by atoms with Gasteiger partial charge in [-0.2, -0.15) is 0 Å². The molecule has 2 atom stereocenters. The lowest BCUT2D eigenvalue weighted by atomic mass is 9.86. The van der Waals surface area contributed by atoms with Gasteiger partial charge < -0.3 is 24.8 Å². The minimum absolute atomic E-state index is 0.0750. The van der Waals surface area contributed by atoms with Crippen LogP contribution in [-0.2, 0) is 20.7 Å². The summed E-state index contributed by atoms with van der Waals surface area (Å²) >= 11 is 1.47. The van der Waals surface area contributed by atoms with Gasteiger partial charge in [0.1, 0.15) is 0 Å². The first-order valence-electron chi connectivity index (χ1n) is 11.0. The van der Waals surface area contributed by atoms with Crippen LogP contribution in [0.5, 0.6) is 11.5 Å². The Hall–Kier alpha value is -3.07. The Balaban J connectivity index is 1.70. The van der Waals surface area contributed by atoms with Gasteiger partial charge in [-0.05, 0) is 30.2 Å². The van der Waals surface area contributed by atoms with Gasteiger partial charge in [0, 0.05) is 23.1 Å². The number of methoxy groups -OCH3 is 2. The largest absolute Gasteiger partial charge is 0.493 e. The van der Waals surface area contributed by atoms with Crippen LogP contribution in [0.15, 0.2) is 29.6 Å². The number of thiophene rings is 1. The second kappa shape index (κ2) is 11.7. The van der Waals surface area contributed by atoms with Gasteiger partial charge >= 0.3 is 5.97 Å². The number of hydrogen-bond donors (Lipinski definition) is 2. The van der Waals surface area contributed by atoms with Gasteiger partial charge in [-0.15, -0.1) is 11.3 Å². The van der Waals surface area contributed by atoms with E-state index in [0.717, 1.165) is 24.1 Å². The molecule has 1 saturated carbocycles. The van der Waals surface area contributed by atoms with Crippen molar-refractivity contribution in [3.8, 4) is 11.5 Å². The SMILES string of the molecule is COc1cc(NC(=O)Cc2cccs2)c(C(=O)OCC(=O)N[C@H]2CCCC[C@H]2C)cc1OC. The topological polar surface area (TPSA) is 103 Å². The number of ether oxygens (including phenoxy) is 3. The molecule has 0 aliphatic heterocycles. The van der Waals surface area contributed by atoms with Crippen molar-refractivity contribution < 1.29 is 28.6 Å². The maximum Gasteiger partial charge on any atom is 0.340 e. The van der Waals surface area contributed by atoms with Crippen molar-refractivity contribution in [2.45, 2.75) is 45.1 Å². The smallest absolute Gasteiger partial charge is 0.340 e. The number of nitrogens with one attached hydrogen (secondary N) is 2. The van der Waals surface area contributed by atoms with Crippen LogP contribution < -0.4 is 20.1 Å². The summed E-state index contributed by atoms with van der Waals surface area (Å²) < 4.78 is 15.9. The normalized spacial score (nSPS) is 17.7. The number of carbonyl (C=O) groups excluding carboxylic acids is 3. The number of amides is 2. The lowest BCUT2D eigenvalue weighted by Crippen LogP contribution is -2.42. The monoisotopic (exact) mass is 474 g/mol. The Morgan fingerprint density at radius 1 is 1.06 bits per heavy atom. The molecule has 1 aliphatic carbocycles. The first kappa shape index (κ1) is 24.6. The van der Waals surface area contributed by atoms with Crippen LogP contribution in [0.2, 0.25) is 0 Å². The molecule has 1 aliphatic rings. The Bertz CT molecular complexity index is 976. The maximum atomic E-state index is 12.8. The second-order valence-electron chi connectivity index (χ2n) is 8.07. The molecule has 0 saturated heterocycles. The fourth-order valence-corrected chi connectivity index (χ4v) is 4.61. The molecule has 8 nitrogen and oxygen atoms in total. The predicted octanol–water partition coefficient (Wildman–Crippen LogP) is 3.80. The fraction of sp³-hybridized carbons (Fsp3) is 0.458. The van der Waals surface area contributed by atoms with Crippen molar-refractivity contribution in [1.82, 2.24) is 5.32 Å². The third kappa shape index (κ3) is 6.71. The van der Waals surface area contributed by atoms with Crippen molar-refractivity contribution >= 4 is 34.8 Å². The van der Waals surface area contributed by atoms with Gasteiger partial charge in [-0.25, -0.2) is 4.79 Å². The van der Waals surface area contributed by atoms with Crippen molar-refractivity contribution in [2.75, 3.05) is 26.1 Å². The van der Waals surface area contributed by atoms with Gasteiger partial charge in [-0.3, -0.25) is 9.59 Å². The molecular formula is C24H30N2O6S. The molecule has 1 heterocycles. The number of carbonyl (C=O) groups is 3. The highest BCUT2D eigenvalue weighted by Crippen LogP contribution is 2.34. The number of benzene rings is 1. The van der Waals surface area contributed by atoms with E-state index in [0.29, 0.717) is 17.4 Å². The van der Waals surface area contributed by atoms with Crippen LogP contribution >= 0.6 is 11.3 Å². The van der Waals surface area contributed by atoms with Crippen LogP contribution in [0.3, 0.4) is 0 Å². The zero-order valence-corrected chi connectivity index (χ0v) is 20.0. The van der Waals surface area contributed by atoms with E-state index in [2.05, 4.69) is 17.6 Å². The molecule has 0 bridgehead atoms. The molecule has 1 aromatic heterocycles. The van der Waals surface area contributed by atoms with E-state index in [9.17, 15) is 14.4 Å². The van der Waals surface area contributed by atoms with E-state index in [1.807, 2.05) is 17.5 Å². The van der Waals surface area contributed by atoms with Gasteiger partial charge in [0.15, 0.2) is 18.1 Å². The van der Waals surface area contributed by atoms with Crippen molar-refractivity contribution in [3.05, 3.63) is 40.1 Å². The van der Waals surface area contributed by atoms with Gasteiger partial charge in [0.05, 0.1) is 31.9 Å². The van der Waals surface area contributed by atoms with Crippen LogP contribution in [-0.4, -0.2) is 44.7 Å². The molecule has 0 radical (unpaired) electrons. The van der Waals surface area contributed by atoms with E-state index in [1.54, 1.807) is 0 Å². The quantitative estimate of drug-likeness (QED) is 0.536. The summed E-state index contributed by atoms with van der Waals surface area (Å²) in [5, 5.41) is 7.59. The third-order valence-electron chi connectivity index (χ3n) is 5.72. The van der Waals surface area contributed by atoms with Crippen LogP contribution in [0.4, 0.5) is 5.69 Å². The molecule has 2 amide bonds. The molecule has 2 N–H and O–H groups in total. The van der Waals surface area contributed by atoms with Crippen LogP contribution in [0.25, 0.3) is 0 Å². The number of hydrogen-bond acceptors (Lipinski definition) is 7. The molecule has 178 valence electrons. The summed E-state index contributed by atoms with van der Waals surface area (Å²) in [6.07, 6.45) is 4.42. The molecule has 3 rings (SSSR count). The summed E-state index contributed by atoms with van der Waals surface area (Å²) in [4.78, 5) is 38.6. The minimum Gasteiger partial charge on any atom is -0.493 e.